The fourth-order valence-electron chi connectivity index (χ4n) is 4.04. The fraction of sp³-hybridized carbons (Fsp3) is 0.588. The molecule has 23 heavy (non-hydrogen) atoms. The Kier molecular flexibility index (Phi) is 4.47. The second-order valence-electron chi connectivity index (χ2n) is 6.77. The van der Waals surface area contributed by atoms with Crippen LogP contribution in [0.4, 0.5) is 0 Å². The summed E-state index contributed by atoms with van der Waals surface area (Å²) >= 11 is 0. The lowest BCUT2D eigenvalue weighted by atomic mass is 9.78. The minimum Gasteiger partial charge on any atom is -0.335 e. The number of nitrogens with two attached hydrogens (primary N) is 1. The first kappa shape index (κ1) is 16.5. The lowest BCUT2D eigenvalue weighted by Crippen LogP contribution is -2.49. The van der Waals surface area contributed by atoms with Gasteiger partial charge in [0.05, 0.1) is 4.90 Å². The molecular weight excluding hydrogens is 312 g/mol. The molecular formula is C17H24N2O3S. The van der Waals surface area contributed by atoms with Crippen molar-refractivity contribution in [1.29, 1.82) is 0 Å². The number of amides is 1. The third kappa shape index (κ3) is 3.28. The molecule has 1 saturated heterocycles. The summed E-state index contributed by atoms with van der Waals surface area (Å²) < 4.78 is 23.2. The highest BCUT2D eigenvalue weighted by Gasteiger charge is 2.36. The van der Waals surface area contributed by atoms with Crippen LogP contribution in [-0.2, 0) is 10.0 Å². The summed E-state index contributed by atoms with van der Waals surface area (Å²) in [6, 6.07) is 4.86. The van der Waals surface area contributed by atoms with E-state index < -0.39 is 10.0 Å². The third-order valence-corrected chi connectivity index (χ3v) is 6.18. The van der Waals surface area contributed by atoms with Crippen molar-refractivity contribution < 1.29 is 13.2 Å². The highest BCUT2D eigenvalue weighted by atomic mass is 32.2. The van der Waals surface area contributed by atoms with Crippen LogP contribution >= 0.6 is 0 Å². The first-order valence-electron chi connectivity index (χ1n) is 8.32. The second-order valence-corrected chi connectivity index (χ2v) is 8.34. The van der Waals surface area contributed by atoms with Crippen LogP contribution in [0.2, 0.25) is 0 Å². The number of benzene rings is 1. The van der Waals surface area contributed by atoms with Crippen LogP contribution in [0.3, 0.4) is 0 Å². The second kappa shape index (κ2) is 6.24. The molecule has 5 nitrogen and oxygen atoms in total. The summed E-state index contributed by atoms with van der Waals surface area (Å²) in [5.74, 6) is 0.549. The number of piperidine rings is 1. The predicted octanol–water partition coefficient (Wildman–Crippen LogP) is 2.44. The van der Waals surface area contributed by atoms with E-state index in [0.717, 1.165) is 24.9 Å². The van der Waals surface area contributed by atoms with Gasteiger partial charge in [-0.25, -0.2) is 13.6 Å². The van der Waals surface area contributed by atoms with Crippen molar-refractivity contribution >= 4 is 15.9 Å². The molecule has 1 aromatic rings. The fourth-order valence-corrected chi connectivity index (χ4v) is 4.58. The average Bonchev–Trinajstić information content (AvgIpc) is 2.53. The van der Waals surface area contributed by atoms with Crippen molar-refractivity contribution in [3.8, 4) is 0 Å². The molecule has 6 heteroatoms. The first-order chi connectivity index (χ1) is 10.9. The molecule has 1 aromatic carbocycles. The van der Waals surface area contributed by atoms with Gasteiger partial charge in [0, 0.05) is 18.2 Å². The Bertz CT molecular complexity index is 713. The summed E-state index contributed by atoms with van der Waals surface area (Å²) in [6.45, 7) is 2.60. The zero-order valence-electron chi connectivity index (χ0n) is 13.5. The van der Waals surface area contributed by atoms with Crippen LogP contribution < -0.4 is 5.14 Å². The van der Waals surface area contributed by atoms with Gasteiger partial charge in [0.2, 0.25) is 10.0 Å². The summed E-state index contributed by atoms with van der Waals surface area (Å²) in [6.07, 6.45) is 6.91. The maximum Gasteiger partial charge on any atom is 0.254 e. The molecule has 126 valence electrons. The Morgan fingerprint density at radius 3 is 2.61 bits per heavy atom. The smallest absolute Gasteiger partial charge is 0.254 e. The first-order valence-corrected chi connectivity index (χ1v) is 9.87. The van der Waals surface area contributed by atoms with Crippen molar-refractivity contribution in [2.75, 3.05) is 6.54 Å². The summed E-state index contributed by atoms with van der Waals surface area (Å²) in [7, 11) is -3.80. The van der Waals surface area contributed by atoms with Gasteiger partial charge in [-0.3, -0.25) is 4.79 Å². The highest BCUT2D eigenvalue weighted by molar-refractivity contribution is 7.89. The van der Waals surface area contributed by atoms with Gasteiger partial charge in [-0.05, 0) is 56.2 Å². The van der Waals surface area contributed by atoms with Gasteiger partial charge in [-0.2, -0.15) is 0 Å². The number of carbonyl (C=O) groups excluding carboxylic acids is 1. The maximum atomic E-state index is 13.0. The van der Waals surface area contributed by atoms with Crippen molar-refractivity contribution in [2.45, 2.75) is 56.4 Å². The molecule has 2 atom stereocenters. The topological polar surface area (TPSA) is 80.5 Å². The number of fused-ring (bicyclic) bond motifs is 1. The number of aryl methyl sites for hydroxylation is 1. The third-order valence-electron chi connectivity index (χ3n) is 5.27. The van der Waals surface area contributed by atoms with Crippen molar-refractivity contribution in [3.63, 3.8) is 0 Å². The molecule has 0 radical (unpaired) electrons. The van der Waals surface area contributed by atoms with Gasteiger partial charge < -0.3 is 4.90 Å². The van der Waals surface area contributed by atoms with Gasteiger partial charge in [0.15, 0.2) is 0 Å². The molecule has 1 aliphatic carbocycles. The van der Waals surface area contributed by atoms with Crippen molar-refractivity contribution in [2.24, 2.45) is 11.1 Å². The maximum absolute atomic E-state index is 13.0. The Morgan fingerprint density at radius 2 is 1.87 bits per heavy atom. The van der Waals surface area contributed by atoms with E-state index in [4.69, 9.17) is 5.14 Å². The van der Waals surface area contributed by atoms with Crippen LogP contribution in [-0.4, -0.2) is 31.8 Å². The lowest BCUT2D eigenvalue weighted by molar-refractivity contribution is 0.0390. The molecule has 2 unspecified atom stereocenters. The van der Waals surface area contributed by atoms with E-state index in [2.05, 4.69) is 0 Å². The summed E-state index contributed by atoms with van der Waals surface area (Å²) in [5.41, 5.74) is 1.25. The van der Waals surface area contributed by atoms with E-state index in [0.29, 0.717) is 17.5 Å². The van der Waals surface area contributed by atoms with Crippen LogP contribution in [0.25, 0.3) is 0 Å². The molecule has 2 aliphatic rings. The standard InChI is InChI=1S/C17H24N2O3S/c1-12-8-9-14(23(18,21)22)11-15(12)17(20)19-10-4-6-13-5-2-3-7-16(13)19/h8-9,11,13,16H,2-7,10H2,1H3,(H2,18,21,22). The Hall–Kier alpha value is -1.40. The Morgan fingerprint density at radius 1 is 1.17 bits per heavy atom. The van der Waals surface area contributed by atoms with Gasteiger partial charge >= 0.3 is 0 Å². The van der Waals surface area contributed by atoms with E-state index in [1.165, 1.54) is 37.8 Å². The minimum absolute atomic E-state index is 0.00338. The Labute approximate surface area is 137 Å². The SMILES string of the molecule is Cc1ccc(S(N)(=O)=O)cc1C(=O)N1CCCC2CCCCC21. The van der Waals surface area contributed by atoms with Gasteiger partial charge in [0.25, 0.3) is 5.91 Å². The van der Waals surface area contributed by atoms with E-state index in [1.807, 2.05) is 11.8 Å². The zero-order valence-corrected chi connectivity index (χ0v) is 14.3. The van der Waals surface area contributed by atoms with Gasteiger partial charge in [0.1, 0.15) is 0 Å². The number of carbonyl (C=O) groups is 1. The number of primary sulfonamides is 1. The molecule has 0 spiro atoms. The quantitative estimate of drug-likeness (QED) is 0.900. The molecule has 0 bridgehead atoms. The zero-order chi connectivity index (χ0) is 16.6. The summed E-state index contributed by atoms with van der Waals surface area (Å²) in [5, 5.41) is 5.21. The van der Waals surface area contributed by atoms with Crippen LogP contribution in [0.5, 0.6) is 0 Å². The number of likely N-dealkylation sites (tertiary alicyclic amines) is 1. The van der Waals surface area contributed by atoms with E-state index in [9.17, 15) is 13.2 Å². The van der Waals surface area contributed by atoms with Gasteiger partial charge in [-0.15, -0.1) is 0 Å². The van der Waals surface area contributed by atoms with Crippen LogP contribution in [0, 0.1) is 12.8 Å². The van der Waals surface area contributed by atoms with Gasteiger partial charge in [-0.1, -0.05) is 18.9 Å². The monoisotopic (exact) mass is 336 g/mol. The number of rotatable bonds is 2. The molecule has 2 fully saturated rings. The molecule has 2 N–H and O–H groups in total. The predicted molar refractivity (Wildman–Crippen MR) is 88.6 cm³/mol. The van der Waals surface area contributed by atoms with Crippen molar-refractivity contribution in [1.82, 2.24) is 4.90 Å². The van der Waals surface area contributed by atoms with E-state index in [-0.39, 0.29) is 10.8 Å². The van der Waals surface area contributed by atoms with Crippen molar-refractivity contribution in [3.05, 3.63) is 29.3 Å². The average molecular weight is 336 g/mol. The summed E-state index contributed by atoms with van der Waals surface area (Å²) in [4.78, 5) is 15.0. The molecule has 3 rings (SSSR count). The molecule has 1 aliphatic heterocycles. The van der Waals surface area contributed by atoms with Crippen LogP contribution in [0.1, 0.15) is 54.4 Å². The molecule has 0 aromatic heterocycles. The van der Waals surface area contributed by atoms with Crippen LogP contribution in [0.15, 0.2) is 23.1 Å². The van der Waals surface area contributed by atoms with E-state index >= 15 is 0 Å². The highest BCUT2D eigenvalue weighted by Crippen LogP contribution is 2.36. The number of nitrogens with zero attached hydrogens (tertiary/aromatic N) is 1. The molecule has 1 amide bonds. The molecule has 1 saturated carbocycles. The minimum atomic E-state index is -3.80. The normalized spacial score (nSPS) is 25.0. The molecule has 1 heterocycles. The van der Waals surface area contributed by atoms with E-state index in [1.54, 1.807) is 6.07 Å². The Balaban J connectivity index is 1.93. The largest absolute Gasteiger partial charge is 0.335 e. The number of sulfonamides is 1. The number of hydrogen-bond donors (Lipinski definition) is 1. The lowest BCUT2D eigenvalue weighted by Gasteiger charge is -2.44. The number of hydrogen-bond acceptors (Lipinski definition) is 3.